The summed E-state index contributed by atoms with van der Waals surface area (Å²) in [5.41, 5.74) is 3.80. The van der Waals surface area contributed by atoms with Gasteiger partial charge in [0.2, 0.25) is 5.91 Å². The van der Waals surface area contributed by atoms with E-state index in [-0.39, 0.29) is 24.8 Å². The first kappa shape index (κ1) is 16.7. The fourth-order valence-corrected chi connectivity index (χ4v) is 1.89. The van der Waals surface area contributed by atoms with Crippen molar-refractivity contribution < 1.29 is 9.59 Å². The molecule has 0 aliphatic heterocycles. The summed E-state index contributed by atoms with van der Waals surface area (Å²) in [5, 5.41) is 7.16. The SMILES string of the molecule is O=C(CCNC(=O)c1ccccc1)NN=Cc1ccc(Cl)cc1. The van der Waals surface area contributed by atoms with Gasteiger partial charge in [0.25, 0.3) is 5.91 Å². The lowest BCUT2D eigenvalue weighted by Gasteiger charge is -2.04. The minimum atomic E-state index is -0.274. The summed E-state index contributed by atoms with van der Waals surface area (Å²) in [6, 6.07) is 15.9. The summed E-state index contributed by atoms with van der Waals surface area (Å²) in [5.74, 6) is -0.480. The Bertz CT molecular complexity index is 685. The molecule has 0 fully saturated rings. The number of benzene rings is 2. The average Bonchev–Trinajstić information content (AvgIpc) is 2.57. The predicted molar refractivity (Wildman–Crippen MR) is 90.6 cm³/mol. The molecule has 0 unspecified atom stereocenters. The second kappa shape index (κ2) is 8.70. The molecule has 23 heavy (non-hydrogen) atoms. The van der Waals surface area contributed by atoms with Crippen LogP contribution in [0.3, 0.4) is 0 Å². The van der Waals surface area contributed by atoms with E-state index in [1.807, 2.05) is 6.07 Å². The highest BCUT2D eigenvalue weighted by Gasteiger charge is 2.05. The number of rotatable bonds is 6. The maximum absolute atomic E-state index is 11.8. The minimum absolute atomic E-state index is 0.149. The van der Waals surface area contributed by atoms with E-state index < -0.39 is 0 Å². The Labute approximate surface area is 139 Å². The molecule has 0 bridgehead atoms. The van der Waals surface area contributed by atoms with E-state index in [1.165, 1.54) is 6.21 Å². The normalized spacial score (nSPS) is 10.5. The largest absolute Gasteiger partial charge is 0.352 e. The lowest BCUT2D eigenvalue weighted by Crippen LogP contribution is -2.28. The van der Waals surface area contributed by atoms with Gasteiger partial charge in [-0.3, -0.25) is 9.59 Å². The molecule has 0 atom stereocenters. The maximum atomic E-state index is 11.8. The van der Waals surface area contributed by atoms with Gasteiger partial charge in [-0.05, 0) is 29.8 Å². The number of hydrogen-bond donors (Lipinski definition) is 2. The molecule has 0 saturated carbocycles. The van der Waals surface area contributed by atoms with E-state index in [9.17, 15) is 9.59 Å². The molecular weight excluding hydrogens is 314 g/mol. The molecule has 0 saturated heterocycles. The molecule has 2 aromatic carbocycles. The number of nitrogens with one attached hydrogen (secondary N) is 2. The van der Waals surface area contributed by atoms with E-state index in [2.05, 4.69) is 15.8 Å². The molecule has 2 amide bonds. The number of nitrogens with zero attached hydrogens (tertiary/aromatic N) is 1. The Morgan fingerprint density at radius 1 is 1.04 bits per heavy atom. The molecule has 2 N–H and O–H groups in total. The van der Waals surface area contributed by atoms with E-state index in [4.69, 9.17) is 11.6 Å². The van der Waals surface area contributed by atoms with Crippen LogP contribution in [0.25, 0.3) is 0 Å². The van der Waals surface area contributed by atoms with Gasteiger partial charge in [0, 0.05) is 23.6 Å². The van der Waals surface area contributed by atoms with Gasteiger partial charge in [-0.25, -0.2) is 5.43 Å². The molecular formula is C17H16ClN3O2. The van der Waals surface area contributed by atoms with Crippen molar-refractivity contribution in [2.45, 2.75) is 6.42 Å². The molecule has 118 valence electrons. The Balaban J connectivity index is 1.69. The summed E-state index contributed by atoms with van der Waals surface area (Å²) in [6.07, 6.45) is 1.67. The highest BCUT2D eigenvalue weighted by molar-refractivity contribution is 6.30. The van der Waals surface area contributed by atoms with Crippen molar-refractivity contribution >= 4 is 29.6 Å². The van der Waals surface area contributed by atoms with Crippen molar-refractivity contribution in [1.82, 2.24) is 10.7 Å². The second-order valence-corrected chi connectivity index (χ2v) is 5.15. The highest BCUT2D eigenvalue weighted by Crippen LogP contribution is 2.07. The number of halogens is 1. The molecule has 5 nitrogen and oxygen atoms in total. The Kier molecular flexibility index (Phi) is 6.32. The van der Waals surface area contributed by atoms with Crippen LogP contribution in [0.15, 0.2) is 59.7 Å². The van der Waals surface area contributed by atoms with Crippen LogP contribution in [0.1, 0.15) is 22.3 Å². The van der Waals surface area contributed by atoms with Crippen molar-refractivity contribution in [3.8, 4) is 0 Å². The lowest BCUT2D eigenvalue weighted by atomic mass is 10.2. The third-order valence-corrected chi connectivity index (χ3v) is 3.20. The second-order valence-electron chi connectivity index (χ2n) is 4.72. The van der Waals surface area contributed by atoms with E-state index in [0.717, 1.165) is 5.56 Å². The van der Waals surface area contributed by atoms with Crippen LogP contribution in [-0.2, 0) is 4.79 Å². The molecule has 6 heteroatoms. The summed E-state index contributed by atoms with van der Waals surface area (Å²) in [6.45, 7) is 0.246. The van der Waals surface area contributed by atoms with Crippen LogP contribution in [0.2, 0.25) is 5.02 Å². The quantitative estimate of drug-likeness (QED) is 0.631. The van der Waals surface area contributed by atoms with E-state index in [1.54, 1.807) is 48.5 Å². The Morgan fingerprint density at radius 3 is 2.43 bits per heavy atom. The summed E-state index contributed by atoms with van der Waals surface area (Å²) in [4.78, 5) is 23.4. The van der Waals surface area contributed by atoms with Crippen molar-refractivity contribution in [3.63, 3.8) is 0 Å². The van der Waals surface area contributed by atoms with Crippen molar-refractivity contribution in [2.24, 2.45) is 5.10 Å². The van der Waals surface area contributed by atoms with Gasteiger partial charge in [-0.2, -0.15) is 5.10 Å². The molecule has 0 aromatic heterocycles. The van der Waals surface area contributed by atoms with E-state index >= 15 is 0 Å². The summed E-state index contributed by atoms with van der Waals surface area (Å²) >= 11 is 5.77. The summed E-state index contributed by atoms with van der Waals surface area (Å²) in [7, 11) is 0. The maximum Gasteiger partial charge on any atom is 0.251 e. The van der Waals surface area contributed by atoms with Crippen LogP contribution < -0.4 is 10.7 Å². The van der Waals surface area contributed by atoms with Gasteiger partial charge in [-0.1, -0.05) is 41.9 Å². The van der Waals surface area contributed by atoms with Gasteiger partial charge in [0.1, 0.15) is 0 Å². The van der Waals surface area contributed by atoms with E-state index in [0.29, 0.717) is 10.6 Å². The first-order chi connectivity index (χ1) is 11.1. The monoisotopic (exact) mass is 329 g/mol. The number of amides is 2. The number of carbonyl (C=O) groups is 2. The van der Waals surface area contributed by atoms with Gasteiger partial charge in [0.05, 0.1) is 6.21 Å². The molecule has 2 rings (SSSR count). The topological polar surface area (TPSA) is 70.6 Å². The third kappa shape index (κ3) is 5.92. The first-order valence-electron chi connectivity index (χ1n) is 7.06. The number of hydrazone groups is 1. The van der Waals surface area contributed by atoms with Crippen LogP contribution in [0, 0.1) is 0 Å². The third-order valence-electron chi connectivity index (χ3n) is 2.95. The van der Waals surface area contributed by atoms with Crippen LogP contribution >= 0.6 is 11.6 Å². The zero-order chi connectivity index (χ0) is 16.5. The van der Waals surface area contributed by atoms with Crippen LogP contribution in [0.4, 0.5) is 0 Å². The molecule has 2 aromatic rings. The minimum Gasteiger partial charge on any atom is -0.352 e. The van der Waals surface area contributed by atoms with Crippen LogP contribution in [0.5, 0.6) is 0 Å². The number of hydrogen-bond acceptors (Lipinski definition) is 3. The van der Waals surface area contributed by atoms with Gasteiger partial charge in [-0.15, -0.1) is 0 Å². The molecule has 0 spiro atoms. The Hall–Kier alpha value is -2.66. The number of carbonyl (C=O) groups excluding carboxylic acids is 2. The Morgan fingerprint density at radius 2 is 1.74 bits per heavy atom. The van der Waals surface area contributed by atoms with Crippen LogP contribution in [-0.4, -0.2) is 24.6 Å². The predicted octanol–water partition coefficient (Wildman–Crippen LogP) is 2.61. The fraction of sp³-hybridized carbons (Fsp3) is 0.118. The highest BCUT2D eigenvalue weighted by atomic mass is 35.5. The van der Waals surface area contributed by atoms with Crippen molar-refractivity contribution in [3.05, 3.63) is 70.7 Å². The molecule has 0 aliphatic carbocycles. The lowest BCUT2D eigenvalue weighted by molar-refractivity contribution is -0.120. The van der Waals surface area contributed by atoms with Crippen molar-refractivity contribution in [1.29, 1.82) is 0 Å². The average molecular weight is 330 g/mol. The summed E-state index contributed by atoms with van der Waals surface area (Å²) < 4.78 is 0. The molecule has 0 radical (unpaired) electrons. The fourth-order valence-electron chi connectivity index (χ4n) is 1.76. The van der Waals surface area contributed by atoms with Gasteiger partial charge < -0.3 is 5.32 Å². The zero-order valence-corrected chi connectivity index (χ0v) is 13.1. The smallest absolute Gasteiger partial charge is 0.251 e. The zero-order valence-electron chi connectivity index (χ0n) is 12.3. The molecule has 0 heterocycles. The first-order valence-corrected chi connectivity index (χ1v) is 7.43. The van der Waals surface area contributed by atoms with Crippen molar-refractivity contribution in [2.75, 3.05) is 6.54 Å². The van der Waals surface area contributed by atoms with Gasteiger partial charge in [0.15, 0.2) is 0 Å². The molecule has 0 aliphatic rings. The van der Waals surface area contributed by atoms with Gasteiger partial charge >= 0.3 is 0 Å². The standard InChI is InChI=1S/C17H16ClN3O2/c18-15-8-6-13(7-9-15)12-20-21-16(22)10-11-19-17(23)14-4-2-1-3-5-14/h1-9,12H,10-11H2,(H,19,23)(H,21,22).